The SMILES string of the molecule is C#CCNCc1ccncn1. The summed E-state index contributed by atoms with van der Waals surface area (Å²) in [5.41, 5.74) is 0.954. The number of hydrogen-bond donors (Lipinski definition) is 1. The monoisotopic (exact) mass is 147 g/mol. The molecule has 0 spiro atoms. The van der Waals surface area contributed by atoms with E-state index < -0.39 is 0 Å². The number of nitrogens with one attached hydrogen (secondary N) is 1. The maximum atomic E-state index is 5.05. The first-order valence-corrected chi connectivity index (χ1v) is 3.32. The van der Waals surface area contributed by atoms with E-state index in [0.717, 1.165) is 5.69 Å². The molecule has 0 aliphatic heterocycles. The van der Waals surface area contributed by atoms with Gasteiger partial charge in [-0.3, -0.25) is 0 Å². The number of aromatic nitrogens is 2. The lowest BCUT2D eigenvalue weighted by Crippen LogP contribution is -2.13. The molecule has 0 radical (unpaired) electrons. The molecule has 0 saturated carbocycles. The van der Waals surface area contributed by atoms with Crippen LogP contribution >= 0.6 is 0 Å². The molecule has 1 rings (SSSR count). The van der Waals surface area contributed by atoms with Crippen molar-refractivity contribution in [1.82, 2.24) is 15.3 Å². The summed E-state index contributed by atoms with van der Waals surface area (Å²) in [7, 11) is 0. The third kappa shape index (κ3) is 2.78. The zero-order chi connectivity index (χ0) is 7.94. The summed E-state index contributed by atoms with van der Waals surface area (Å²) in [6.45, 7) is 1.27. The van der Waals surface area contributed by atoms with Crippen LogP contribution in [-0.4, -0.2) is 16.5 Å². The van der Waals surface area contributed by atoms with Crippen molar-refractivity contribution in [3.8, 4) is 12.3 Å². The van der Waals surface area contributed by atoms with Crippen LogP contribution in [0.25, 0.3) is 0 Å². The Morgan fingerprint density at radius 3 is 3.18 bits per heavy atom. The molecule has 0 amide bonds. The van der Waals surface area contributed by atoms with Gasteiger partial charge in [0.15, 0.2) is 0 Å². The van der Waals surface area contributed by atoms with Crippen LogP contribution < -0.4 is 5.32 Å². The van der Waals surface area contributed by atoms with Crippen LogP contribution in [0.2, 0.25) is 0 Å². The normalized spacial score (nSPS) is 9.00. The zero-order valence-electron chi connectivity index (χ0n) is 6.12. The fourth-order valence-corrected chi connectivity index (χ4v) is 0.685. The highest BCUT2D eigenvalue weighted by Crippen LogP contribution is 1.87. The van der Waals surface area contributed by atoms with Gasteiger partial charge in [0.1, 0.15) is 6.33 Å². The van der Waals surface area contributed by atoms with E-state index in [0.29, 0.717) is 13.1 Å². The molecule has 0 atom stereocenters. The Morgan fingerprint density at radius 1 is 1.64 bits per heavy atom. The van der Waals surface area contributed by atoms with Gasteiger partial charge in [0.2, 0.25) is 0 Å². The minimum Gasteiger partial charge on any atom is -0.301 e. The summed E-state index contributed by atoms with van der Waals surface area (Å²) in [4.78, 5) is 7.80. The van der Waals surface area contributed by atoms with Crippen molar-refractivity contribution in [3.63, 3.8) is 0 Å². The van der Waals surface area contributed by atoms with Gasteiger partial charge < -0.3 is 5.32 Å². The zero-order valence-corrected chi connectivity index (χ0v) is 6.12. The Balaban J connectivity index is 2.35. The van der Waals surface area contributed by atoms with Gasteiger partial charge in [-0.1, -0.05) is 5.92 Å². The van der Waals surface area contributed by atoms with Crippen molar-refractivity contribution in [2.45, 2.75) is 6.54 Å². The summed E-state index contributed by atoms with van der Waals surface area (Å²) in [5, 5.41) is 3.02. The molecular weight excluding hydrogens is 138 g/mol. The maximum absolute atomic E-state index is 5.05. The largest absolute Gasteiger partial charge is 0.301 e. The van der Waals surface area contributed by atoms with Gasteiger partial charge in [-0.2, -0.15) is 0 Å². The van der Waals surface area contributed by atoms with Crippen LogP contribution in [0.5, 0.6) is 0 Å². The standard InChI is InChI=1S/C8H9N3/c1-2-4-9-6-8-3-5-10-7-11-8/h1,3,5,7,9H,4,6H2. The fourth-order valence-electron chi connectivity index (χ4n) is 0.685. The Morgan fingerprint density at radius 2 is 2.55 bits per heavy atom. The van der Waals surface area contributed by atoms with Gasteiger partial charge in [0.25, 0.3) is 0 Å². The minimum absolute atomic E-state index is 0.573. The van der Waals surface area contributed by atoms with Crippen LogP contribution in [-0.2, 0) is 6.54 Å². The van der Waals surface area contributed by atoms with Crippen LogP contribution in [0.15, 0.2) is 18.6 Å². The lowest BCUT2D eigenvalue weighted by atomic mass is 10.4. The molecule has 0 unspecified atom stereocenters. The number of terminal acetylenes is 1. The third-order valence-corrected chi connectivity index (χ3v) is 1.18. The lowest BCUT2D eigenvalue weighted by molar-refractivity contribution is 0.746. The van der Waals surface area contributed by atoms with E-state index in [1.165, 1.54) is 6.33 Å². The van der Waals surface area contributed by atoms with Crippen molar-refractivity contribution in [2.75, 3.05) is 6.54 Å². The highest BCUT2D eigenvalue weighted by molar-refractivity contribution is 4.98. The first-order valence-electron chi connectivity index (χ1n) is 3.32. The van der Waals surface area contributed by atoms with Crippen molar-refractivity contribution in [2.24, 2.45) is 0 Å². The summed E-state index contributed by atoms with van der Waals surface area (Å²) in [5.74, 6) is 2.48. The van der Waals surface area contributed by atoms with Crippen LogP contribution in [0.3, 0.4) is 0 Å². The van der Waals surface area contributed by atoms with Gasteiger partial charge in [0, 0.05) is 12.7 Å². The molecule has 11 heavy (non-hydrogen) atoms. The van der Waals surface area contributed by atoms with Crippen LogP contribution in [0, 0.1) is 12.3 Å². The van der Waals surface area contributed by atoms with E-state index in [9.17, 15) is 0 Å². The lowest BCUT2D eigenvalue weighted by Gasteiger charge is -1.97. The van der Waals surface area contributed by atoms with Crippen molar-refractivity contribution in [3.05, 3.63) is 24.3 Å². The quantitative estimate of drug-likeness (QED) is 0.490. The Hall–Kier alpha value is -1.40. The first kappa shape index (κ1) is 7.70. The molecule has 1 N–H and O–H groups in total. The highest BCUT2D eigenvalue weighted by Gasteiger charge is 1.88. The Kier molecular flexibility index (Phi) is 3.10. The van der Waals surface area contributed by atoms with Gasteiger partial charge >= 0.3 is 0 Å². The molecule has 56 valence electrons. The van der Waals surface area contributed by atoms with Gasteiger partial charge in [-0.05, 0) is 6.07 Å². The Labute approximate surface area is 65.9 Å². The molecule has 1 heterocycles. The fraction of sp³-hybridized carbons (Fsp3) is 0.250. The molecule has 3 nitrogen and oxygen atoms in total. The van der Waals surface area contributed by atoms with E-state index in [2.05, 4.69) is 21.2 Å². The van der Waals surface area contributed by atoms with Crippen molar-refractivity contribution >= 4 is 0 Å². The summed E-state index contributed by atoms with van der Waals surface area (Å²) in [6, 6.07) is 1.85. The van der Waals surface area contributed by atoms with Crippen LogP contribution in [0.4, 0.5) is 0 Å². The smallest absolute Gasteiger partial charge is 0.115 e. The Bertz CT molecular complexity index is 237. The van der Waals surface area contributed by atoms with Crippen molar-refractivity contribution < 1.29 is 0 Å². The second-order valence-corrected chi connectivity index (χ2v) is 2.01. The highest BCUT2D eigenvalue weighted by atomic mass is 14.9. The van der Waals surface area contributed by atoms with Crippen LogP contribution in [0.1, 0.15) is 5.69 Å². The summed E-state index contributed by atoms with van der Waals surface area (Å²) >= 11 is 0. The van der Waals surface area contributed by atoms with E-state index in [4.69, 9.17) is 6.42 Å². The molecule has 0 aliphatic rings. The first-order chi connectivity index (χ1) is 5.43. The minimum atomic E-state index is 0.573. The number of nitrogens with zero attached hydrogens (tertiary/aromatic N) is 2. The van der Waals surface area contributed by atoms with E-state index in [1.807, 2.05) is 6.07 Å². The molecule has 1 aromatic rings. The van der Waals surface area contributed by atoms with Gasteiger partial charge in [-0.25, -0.2) is 9.97 Å². The molecule has 3 heteroatoms. The second kappa shape index (κ2) is 4.42. The average Bonchev–Trinajstić information content (AvgIpc) is 2.07. The summed E-state index contributed by atoms with van der Waals surface area (Å²) in [6.07, 6.45) is 8.28. The molecular formula is C8H9N3. The topological polar surface area (TPSA) is 37.8 Å². The van der Waals surface area contributed by atoms with E-state index in [1.54, 1.807) is 6.20 Å². The number of rotatable bonds is 3. The average molecular weight is 147 g/mol. The van der Waals surface area contributed by atoms with Gasteiger partial charge in [-0.15, -0.1) is 6.42 Å². The summed E-state index contributed by atoms with van der Waals surface area (Å²) < 4.78 is 0. The molecule has 1 aromatic heterocycles. The number of hydrogen-bond acceptors (Lipinski definition) is 3. The van der Waals surface area contributed by atoms with E-state index in [-0.39, 0.29) is 0 Å². The van der Waals surface area contributed by atoms with E-state index >= 15 is 0 Å². The third-order valence-electron chi connectivity index (χ3n) is 1.18. The molecule has 0 fully saturated rings. The van der Waals surface area contributed by atoms with Crippen molar-refractivity contribution in [1.29, 1.82) is 0 Å². The predicted octanol–water partition coefficient (Wildman–Crippen LogP) is 0.199. The molecule has 0 aliphatic carbocycles. The molecule has 0 bridgehead atoms. The molecule has 0 saturated heterocycles. The maximum Gasteiger partial charge on any atom is 0.115 e. The van der Waals surface area contributed by atoms with Gasteiger partial charge in [0.05, 0.1) is 12.2 Å². The molecule has 0 aromatic carbocycles. The predicted molar refractivity (Wildman–Crippen MR) is 42.6 cm³/mol. The second-order valence-electron chi connectivity index (χ2n) is 2.01.